The van der Waals surface area contributed by atoms with Crippen molar-refractivity contribution in [2.75, 3.05) is 38.4 Å². The summed E-state index contributed by atoms with van der Waals surface area (Å²) in [6.45, 7) is 0.635. The van der Waals surface area contributed by atoms with Crippen molar-refractivity contribution in [1.29, 1.82) is 0 Å². The number of amides is 1. The third-order valence-electron chi connectivity index (χ3n) is 4.58. The molecular formula is C21H27ClN2O5S. The molecule has 0 aliphatic rings. The molecule has 7 nitrogen and oxygen atoms in total. The first-order chi connectivity index (χ1) is 14.2. The normalized spacial score (nSPS) is 11.1. The maximum absolute atomic E-state index is 12.5. The lowest BCUT2D eigenvalue weighted by Gasteiger charge is -2.23. The van der Waals surface area contributed by atoms with Gasteiger partial charge in [0.2, 0.25) is 15.9 Å². The quantitative estimate of drug-likeness (QED) is 0.548. The molecule has 2 rings (SSSR count). The van der Waals surface area contributed by atoms with Gasteiger partial charge in [-0.2, -0.15) is 0 Å². The number of nitrogens with zero attached hydrogens (tertiary/aromatic N) is 2. The van der Waals surface area contributed by atoms with Crippen LogP contribution in [0.15, 0.2) is 42.5 Å². The van der Waals surface area contributed by atoms with Gasteiger partial charge >= 0.3 is 0 Å². The predicted octanol–water partition coefficient (Wildman–Crippen LogP) is 3.56. The molecule has 0 aliphatic heterocycles. The highest BCUT2D eigenvalue weighted by Gasteiger charge is 2.19. The van der Waals surface area contributed by atoms with Crippen molar-refractivity contribution < 1.29 is 22.7 Å². The molecule has 0 unspecified atom stereocenters. The van der Waals surface area contributed by atoms with Crippen LogP contribution in [0.3, 0.4) is 0 Å². The van der Waals surface area contributed by atoms with E-state index in [9.17, 15) is 13.2 Å². The summed E-state index contributed by atoms with van der Waals surface area (Å²) in [6, 6.07) is 12.3. The summed E-state index contributed by atoms with van der Waals surface area (Å²) in [6.07, 6.45) is 1.73. The van der Waals surface area contributed by atoms with Gasteiger partial charge in [0.1, 0.15) is 11.5 Å². The number of benzene rings is 2. The van der Waals surface area contributed by atoms with Gasteiger partial charge in [-0.3, -0.25) is 9.10 Å². The van der Waals surface area contributed by atoms with Gasteiger partial charge in [0.05, 0.1) is 31.2 Å². The lowest BCUT2D eigenvalue weighted by Crippen LogP contribution is -2.32. The standard InChI is InChI=1S/C21H27ClN2O5S/c1-23(15-16-7-10-18(28-2)11-8-16)21(25)6-5-13-24(30(4,26)27)17-9-12-20(29-3)19(22)14-17/h7-12,14H,5-6,13,15H2,1-4H3. The van der Waals surface area contributed by atoms with Crippen LogP contribution in [0.1, 0.15) is 18.4 Å². The molecule has 164 valence electrons. The van der Waals surface area contributed by atoms with E-state index in [1.54, 1.807) is 37.3 Å². The second-order valence-corrected chi connectivity index (χ2v) is 9.17. The minimum absolute atomic E-state index is 0.0629. The van der Waals surface area contributed by atoms with Gasteiger partial charge in [-0.05, 0) is 42.3 Å². The van der Waals surface area contributed by atoms with E-state index in [0.29, 0.717) is 29.4 Å². The maximum Gasteiger partial charge on any atom is 0.232 e. The number of carbonyl (C=O) groups is 1. The van der Waals surface area contributed by atoms with Crippen LogP contribution in [0.5, 0.6) is 11.5 Å². The zero-order chi connectivity index (χ0) is 22.3. The largest absolute Gasteiger partial charge is 0.497 e. The van der Waals surface area contributed by atoms with Gasteiger partial charge in [0.25, 0.3) is 0 Å². The minimum atomic E-state index is -3.53. The molecule has 0 spiro atoms. The Morgan fingerprint density at radius 2 is 1.73 bits per heavy atom. The highest BCUT2D eigenvalue weighted by atomic mass is 35.5. The number of ether oxygens (including phenoxy) is 2. The average molecular weight is 455 g/mol. The Hall–Kier alpha value is -2.45. The number of methoxy groups -OCH3 is 2. The van der Waals surface area contributed by atoms with Crippen LogP contribution in [0.4, 0.5) is 5.69 Å². The van der Waals surface area contributed by atoms with Gasteiger partial charge in [-0.1, -0.05) is 23.7 Å². The van der Waals surface area contributed by atoms with Crippen molar-refractivity contribution in [1.82, 2.24) is 4.90 Å². The fourth-order valence-electron chi connectivity index (χ4n) is 2.95. The van der Waals surface area contributed by atoms with Crippen LogP contribution in [0.25, 0.3) is 0 Å². The van der Waals surface area contributed by atoms with E-state index in [0.717, 1.165) is 17.6 Å². The number of hydrogen-bond acceptors (Lipinski definition) is 5. The lowest BCUT2D eigenvalue weighted by molar-refractivity contribution is -0.130. The van der Waals surface area contributed by atoms with Crippen LogP contribution in [0.2, 0.25) is 5.02 Å². The SMILES string of the molecule is COc1ccc(CN(C)C(=O)CCCN(c2ccc(OC)c(Cl)c2)S(C)(=O)=O)cc1. The molecule has 2 aromatic carbocycles. The number of rotatable bonds is 10. The molecule has 0 radical (unpaired) electrons. The second kappa shape index (κ2) is 10.5. The summed E-state index contributed by atoms with van der Waals surface area (Å²) < 4.78 is 36.0. The lowest BCUT2D eigenvalue weighted by atomic mass is 10.2. The zero-order valence-electron chi connectivity index (χ0n) is 17.6. The molecule has 0 aliphatic carbocycles. The van der Waals surface area contributed by atoms with E-state index in [-0.39, 0.29) is 18.9 Å². The molecule has 2 aromatic rings. The fourth-order valence-corrected chi connectivity index (χ4v) is 4.16. The maximum atomic E-state index is 12.5. The molecule has 0 heterocycles. The first kappa shape index (κ1) is 23.8. The number of halogens is 1. The van der Waals surface area contributed by atoms with E-state index in [1.165, 1.54) is 11.4 Å². The molecule has 30 heavy (non-hydrogen) atoms. The predicted molar refractivity (Wildman–Crippen MR) is 119 cm³/mol. The first-order valence-electron chi connectivity index (χ1n) is 9.34. The molecule has 1 amide bonds. The van der Waals surface area contributed by atoms with Crippen molar-refractivity contribution >= 4 is 33.2 Å². The van der Waals surface area contributed by atoms with Crippen molar-refractivity contribution in [3.63, 3.8) is 0 Å². The highest BCUT2D eigenvalue weighted by Crippen LogP contribution is 2.30. The number of sulfonamides is 1. The first-order valence-corrected chi connectivity index (χ1v) is 11.6. The van der Waals surface area contributed by atoms with Crippen molar-refractivity contribution in [2.45, 2.75) is 19.4 Å². The van der Waals surface area contributed by atoms with E-state index in [2.05, 4.69) is 0 Å². The van der Waals surface area contributed by atoms with Crippen LogP contribution in [-0.4, -0.2) is 53.3 Å². The topological polar surface area (TPSA) is 76.2 Å². The molecular weight excluding hydrogens is 428 g/mol. The summed E-state index contributed by atoms with van der Waals surface area (Å²) in [7, 11) is 1.29. The Bertz CT molecular complexity index is 964. The van der Waals surface area contributed by atoms with Crippen molar-refractivity contribution in [2.24, 2.45) is 0 Å². The molecule has 9 heteroatoms. The fraction of sp³-hybridized carbons (Fsp3) is 0.381. The zero-order valence-corrected chi connectivity index (χ0v) is 19.2. The Balaban J connectivity index is 1.97. The molecule has 0 N–H and O–H groups in total. The molecule has 0 fully saturated rings. The third kappa shape index (κ3) is 6.53. The minimum Gasteiger partial charge on any atom is -0.497 e. The molecule has 0 bridgehead atoms. The van der Waals surface area contributed by atoms with Gasteiger partial charge in [0.15, 0.2) is 0 Å². The Morgan fingerprint density at radius 3 is 2.27 bits per heavy atom. The Labute approximate surface area is 183 Å². The summed E-state index contributed by atoms with van der Waals surface area (Å²) in [5.41, 5.74) is 1.42. The van der Waals surface area contributed by atoms with E-state index in [1.807, 2.05) is 24.3 Å². The van der Waals surface area contributed by atoms with E-state index in [4.69, 9.17) is 21.1 Å². The van der Waals surface area contributed by atoms with Gasteiger partial charge in [-0.15, -0.1) is 0 Å². The van der Waals surface area contributed by atoms with Crippen molar-refractivity contribution in [3.8, 4) is 11.5 Å². The Kier molecular flexibility index (Phi) is 8.37. The Morgan fingerprint density at radius 1 is 1.07 bits per heavy atom. The monoisotopic (exact) mass is 454 g/mol. The summed E-state index contributed by atoms with van der Waals surface area (Å²) in [5, 5.41) is 0.318. The average Bonchev–Trinajstić information content (AvgIpc) is 2.70. The van der Waals surface area contributed by atoms with Gasteiger partial charge in [0, 0.05) is 26.6 Å². The second-order valence-electron chi connectivity index (χ2n) is 6.86. The molecule has 0 saturated carbocycles. The highest BCUT2D eigenvalue weighted by molar-refractivity contribution is 7.92. The van der Waals surface area contributed by atoms with E-state index < -0.39 is 10.0 Å². The van der Waals surface area contributed by atoms with Gasteiger partial charge < -0.3 is 14.4 Å². The van der Waals surface area contributed by atoms with Crippen molar-refractivity contribution in [3.05, 3.63) is 53.1 Å². The van der Waals surface area contributed by atoms with Gasteiger partial charge in [-0.25, -0.2) is 8.42 Å². The van der Waals surface area contributed by atoms with E-state index >= 15 is 0 Å². The number of carbonyl (C=O) groups excluding carboxylic acids is 1. The number of hydrogen-bond donors (Lipinski definition) is 0. The van der Waals surface area contributed by atoms with Crippen LogP contribution >= 0.6 is 11.6 Å². The summed E-state index contributed by atoms with van der Waals surface area (Å²) in [5.74, 6) is 1.16. The number of anilines is 1. The van der Waals surface area contributed by atoms with Crippen LogP contribution in [0, 0.1) is 0 Å². The molecule has 0 saturated heterocycles. The smallest absolute Gasteiger partial charge is 0.232 e. The third-order valence-corrected chi connectivity index (χ3v) is 6.07. The molecule has 0 atom stereocenters. The van der Waals surface area contributed by atoms with Crippen LogP contribution < -0.4 is 13.8 Å². The molecule has 0 aromatic heterocycles. The summed E-state index contributed by atoms with van der Waals surface area (Å²) in [4.78, 5) is 14.1. The van der Waals surface area contributed by atoms with Crippen LogP contribution in [-0.2, 0) is 21.4 Å². The summed E-state index contributed by atoms with van der Waals surface area (Å²) >= 11 is 6.13.